The minimum Gasteiger partial charge on any atom is -0.351 e. The molecule has 2 aromatic heterocycles. The van der Waals surface area contributed by atoms with Crippen molar-refractivity contribution >= 4 is 29.6 Å². The molecule has 0 aromatic carbocycles. The lowest BCUT2D eigenvalue weighted by Gasteiger charge is -2.36. The first-order chi connectivity index (χ1) is 16.5. The average Bonchev–Trinajstić information content (AvgIpc) is 3.22. The zero-order valence-electron chi connectivity index (χ0n) is 20.6. The fourth-order valence-corrected chi connectivity index (χ4v) is 3.36. The predicted octanol–water partition coefficient (Wildman–Crippen LogP) is 2.85. The van der Waals surface area contributed by atoms with Gasteiger partial charge in [0.2, 0.25) is 11.9 Å². The topological polar surface area (TPSA) is 117 Å². The molecule has 1 aliphatic carbocycles. The average molecular weight is 499 g/mol. The second kappa shape index (κ2) is 12.5. The van der Waals surface area contributed by atoms with Gasteiger partial charge in [0.15, 0.2) is 11.5 Å². The molecule has 10 nitrogen and oxygen atoms in total. The van der Waals surface area contributed by atoms with E-state index < -0.39 is 11.9 Å². The van der Waals surface area contributed by atoms with Gasteiger partial charge < -0.3 is 25.6 Å². The van der Waals surface area contributed by atoms with Gasteiger partial charge in [0.25, 0.3) is 0 Å². The molecule has 1 aliphatic heterocycles. The summed E-state index contributed by atoms with van der Waals surface area (Å²) >= 11 is 0. The molecule has 0 saturated heterocycles. The minimum absolute atomic E-state index is 0.0248. The maximum Gasteiger partial charge on any atom is 0.435 e. The number of nitrogens with zero attached hydrogens (tertiary/aromatic N) is 5. The van der Waals surface area contributed by atoms with Crippen LogP contribution in [0.15, 0.2) is 12.3 Å². The molecule has 0 atom stereocenters. The number of carbonyl (C=O) groups is 2. The number of amides is 1. The molecule has 3 heterocycles. The molecule has 13 heteroatoms. The molecule has 0 spiro atoms. The molecule has 3 N–H and O–H groups in total. The van der Waals surface area contributed by atoms with Crippen LogP contribution in [0.1, 0.15) is 44.5 Å². The second-order valence-corrected chi connectivity index (χ2v) is 8.33. The maximum absolute atomic E-state index is 11.9. The number of likely N-dealkylation sites (N-methyl/N-ethyl adjacent to an activating group) is 1. The van der Waals surface area contributed by atoms with E-state index in [1.807, 2.05) is 25.9 Å². The number of anilines is 3. The summed E-state index contributed by atoms with van der Waals surface area (Å²) in [5.41, 5.74) is 0.530. The fourth-order valence-electron chi connectivity index (χ4n) is 3.36. The first-order valence-corrected chi connectivity index (χ1v) is 11.4. The molecule has 1 amide bonds. The van der Waals surface area contributed by atoms with Crippen molar-refractivity contribution in [3.05, 3.63) is 23.7 Å². The van der Waals surface area contributed by atoms with Gasteiger partial charge in [-0.25, -0.2) is 4.98 Å². The largest absolute Gasteiger partial charge is 0.435 e. The zero-order valence-corrected chi connectivity index (χ0v) is 20.6. The molecular formula is C22H33F3N8O2. The Morgan fingerprint density at radius 3 is 2.43 bits per heavy atom. The highest BCUT2D eigenvalue weighted by Crippen LogP contribution is 2.31. The molecular weight excluding hydrogens is 465 g/mol. The third-order valence-corrected chi connectivity index (χ3v) is 5.15. The van der Waals surface area contributed by atoms with Crippen LogP contribution < -0.4 is 20.9 Å². The van der Waals surface area contributed by atoms with Gasteiger partial charge in [-0.15, -0.1) is 0 Å². The van der Waals surface area contributed by atoms with Crippen molar-refractivity contribution in [1.29, 1.82) is 0 Å². The molecule has 0 bridgehead atoms. The lowest BCUT2D eigenvalue weighted by atomic mass is 9.87. The van der Waals surface area contributed by atoms with Gasteiger partial charge in [-0.2, -0.15) is 23.3 Å². The van der Waals surface area contributed by atoms with Crippen LogP contribution in [-0.4, -0.2) is 64.7 Å². The highest BCUT2D eigenvalue weighted by molar-refractivity contribution is 6.00. The van der Waals surface area contributed by atoms with Gasteiger partial charge in [-0.3, -0.25) is 9.48 Å². The number of hydrogen-bond acceptors (Lipinski definition) is 8. The Kier molecular flexibility index (Phi) is 9.99. The molecule has 4 rings (SSSR count). The Morgan fingerprint density at radius 1 is 1.23 bits per heavy atom. The van der Waals surface area contributed by atoms with Crippen LogP contribution >= 0.6 is 0 Å². The van der Waals surface area contributed by atoms with E-state index in [-0.39, 0.29) is 12.5 Å². The van der Waals surface area contributed by atoms with Gasteiger partial charge in [0.1, 0.15) is 12.0 Å². The molecule has 0 radical (unpaired) electrons. The number of hydrogen-bond donors (Lipinski definition) is 3. The van der Waals surface area contributed by atoms with Crippen LogP contribution in [0.5, 0.6) is 0 Å². The second-order valence-electron chi connectivity index (χ2n) is 8.33. The smallest absolute Gasteiger partial charge is 0.351 e. The van der Waals surface area contributed by atoms with Gasteiger partial charge in [-0.05, 0) is 32.9 Å². The molecule has 35 heavy (non-hydrogen) atoms. The van der Waals surface area contributed by atoms with Crippen LogP contribution in [0.4, 0.5) is 30.6 Å². The van der Waals surface area contributed by atoms with E-state index in [9.17, 15) is 22.8 Å². The van der Waals surface area contributed by atoms with Crippen molar-refractivity contribution in [2.75, 3.05) is 36.2 Å². The molecule has 2 aliphatic rings. The van der Waals surface area contributed by atoms with Crippen LogP contribution in [0.3, 0.4) is 0 Å². The summed E-state index contributed by atoms with van der Waals surface area (Å²) in [6.45, 7) is 6.31. The Balaban J connectivity index is 0.000000246. The predicted molar refractivity (Wildman–Crippen MR) is 127 cm³/mol. The van der Waals surface area contributed by atoms with Crippen LogP contribution in [0, 0.1) is 6.92 Å². The Labute approximate surface area is 202 Å². The summed E-state index contributed by atoms with van der Waals surface area (Å²) in [6.07, 6.45) is 0.573. The van der Waals surface area contributed by atoms with E-state index in [4.69, 9.17) is 0 Å². The normalized spacial score (nSPS) is 18.6. The van der Waals surface area contributed by atoms with E-state index in [0.29, 0.717) is 30.9 Å². The third-order valence-electron chi connectivity index (χ3n) is 5.15. The van der Waals surface area contributed by atoms with Gasteiger partial charge >= 0.3 is 6.18 Å². The number of fused-ring (bicyclic) bond motifs is 1. The van der Waals surface area contributed by atoms with E-state index in [0.717, 1.165) is 47.0 Å². The lowest BCUT2D eigenvalue weighted by Crippen LogP contribution is -2.46. The monoisotopic (exact) mass is 498 g/mol. The number of carbonyl (C=O) groups excluding carboxylic acids is 2. The summed E-state index contributed by atoms with van der Waals surface area (Å²) < 4.78 is 36.6. The molecule has 0 unspecified atom stereocenters. The standard InChI is InChI=1S/C13H20N6O.C6H5F3N2O.C3H8/c1-7-11-12(19(3)6-10(20)17-11)18-13(15-7)16-9-4-8(5-9)14-2;7-6(8,9)5-1-2-11(10-5)3-4-12;1-3-2/h8-9,14H,4-6H2,1-3H3,(H,17,20)(H,15,16,18);1-2,4H,3H2;3H2,1-2H3. The molecule has 194 valence electrons. The first kappa shape index (κ1) is 28.0. The van der Waals surface area contributed by atoms with E-state index in [1.165, 1.54) is 6.42 Å². The number of aldehydes is 1. The third kappa shape index (κ3) is 7.91. The van der Waals surface area contributed by atoms with Crippen molar-refractivity contribution in [3.63, 3.8) is 0 Å². The van der Waals surface area contributed by atoms with E-state index in [2.05, 4.69) is 44.9 Å². The lowest BCUT2D eigenvalue weighted by molar-refractivity contribution is -0.141. The molecule has 2 aromatic rings. The highest BCUT2D eigenvalue weighted by Gasteiger charge is 2.33. The number of rotatable bonds is 5. The van der Waals surface area contributed by atoms with Crippen molar-refractivity contribution in [3.8, 4) is 0 Å². The van der Waals surface area contributed by atoms with Crippen molar-refractivity contribution in [1.82, 2.24) is 25.1 Å². The zero-order chi connectivity index (χ0) is 26.2. The van der Waals surface area contributed by atoms with Gasteiger partial charge in [0, 0.05) is 25.3 Å². The highest BCUT2D eigenvalue weighted by atomic mass is 19.4. The summed E-state index contributed by atoms with van der Waals surface area (Å²) in [5, 5.41) is 12.6. The minimum atomic E-state index is -4.44. The van der Waals surface area contributed by atoms with Crippen LogP contribution in [-0.2, 0) is 22.3 Å². The van der Waals surface area contributed by atoms with Crippen molar-refractivity contribution in [2.24, 2.45) is 0 Å². The van der Waals surface area contributed by atoms with E-state index in [1.54, 1.807) is 0 Å². The van der Waals surface area contributed by atoms with Crippen LogP contribution in [0.2, 0.25) is 0 Å². The number of aryl methyl sites for hydroxylation is 1. The molecule has 1 saturated carbocycles. The quantitative estimate of drug-likeness (QED) is 0.539. The Morgan fingerprint density at radius 2 is 1.89 bits per heavy atom. The van der Waals surface area contributed by atoms with Gasteiger partial charge in [0.05, 0.1) is 18.8 Å². The summed E-state index contributed by atoms with van der Waals surface area (Å²) in [7, 11) is 3.85. The maximum atomic E-state index is 11.9. The SMILES string of the molecule is CCC.CNC1CC(Nc2nc(C)c3c(n2)N(C)CC(=O)N3)C1.O=CCn1ccc(C(F)(F)F)n1. The van der Waals surface area contributed by atoms with Crippen molar-refractivity contribution in [2.45, 2.75) is 64.8 Å². The number of alkyl halides is 3. The summed E-state index contributed by atoms with van der Waals surface area (Å²) in [6, 6.07) is 1.84. The van der Waals surface area contributed by atoms with Crippen LogP contribution in [0.25, 0.3) is 0 Å². The molecule has 1 fully saturated rings. The first-order valence-electron chi connectivity index (χ1n) is 11.4. The number of halogens is 3. The Hall–Kier alpha value is -3.22. The summed E-state index contributed by atoms with van der Waals surface area (Å²) in [5.74, 6) is 1.40. The van der Waals surface area contributed by atoms with E-state index >= 15 is 0 Å². The fraction of sp³-hybridized carbons (Fsp3) is 0.591. The Bertz CT molecular complexity index is 990. The number of nitrogens with one attached hydrogen (secondary N) is 3. The summed E-state index contributed by atoms with van der Waals surface area (Å²) in [4.78, 5) is 32.3. The number of aromatic nitrogens is 4. The van der Waals surface area contributed by atoms with Crippen molar-refractivity contribution < 1.29 is 22.8 Å². The van der Waals surface area contributed by atoms with Gasteiger partial charge in [-0.1, -0.05) is 20.3 Å².